The lowest BCUT2D eigenvalue weighted by molar-refractivity contribution is -0.131. The highest BCUT2D eigenvalue weighted by Gasteiger charge is 2.43. The van der Waals surface area contributed by atoms with Crippen molar-refractivity contribution in [3.63, 3.8) is 0 Å². The van der Waals surface area contributed by atoms with Crippen molar-refractivity contribution in [2.24, 2.45) is 16.6 Å². The minimum absolute atomic E-state index is 0.0845. The second kappa shape index (κ2) is 8.44. The van der Waals surface area contributed by atoms with Crippen molar-refractivity contribution in [2.45, 2.75) is 39.3 Å². The molecule has 1 heterocycles. The number of rotatable bonds is 6. The number of nitrogens with two attached hydrogens (primary N) is 2. The van der Waals surface area contributed by atoms with Gasteiger partial charge in [-0.1, -0.05) is 26.0 Å². The van der Waals surface area contributed by atoms with Crippen LogP contribution in [0.3, 0.4) is 0 Å². The molecule has 3 amide bonds. The van der Waals surface area contributed by atoms with Crippen LogP contribution in [0.1, 0.15) is 32.8 Å². The number of carbonyl (C=O) groups is 2. The van der Waals surface area contributed by atoms with Gasteiger partial charge in [0.25, 0.3) is 5.91 Å². The molecule has 2 aromatic carbocycles. The Labute approximate surface area is 176 Å². The summed E-state index contributed by atoms with van der Waals surface area (Å²) in [6, 6.07) is 13.8. The van der Waals surface area contributed by atoms with E-state index < -0.39 is 5.54 Å². The summed E-state index contributed by atoms with van der Waals surface area (Å²) in [6.45, 7) is 6.28. The molecule has 158 valence electrons. The molecule has 3 rings (SSSR count). The summed E-state index contributed by atoms with van der Waals surface area (Å²) in [6.07, 6.45) is 0.648. The maximum atomic E-state index is 12.8. The lowest BCUT2D eigenvalue weighted by atomic mass is 9.91. The molecule has 1 unspecified atom stereocenters. The molecule has 0 spiro atoms. The highest BCUT2D eigenvalue weighted by atomic mass is 16.2. The van der Waals surface area contributed by atoms with E-state index in [2.05, 4.69) is 29.5 Å². The molecule has 8 heteroatoms. The van der Waals surface area contributed by atoms with Crippen LogP contribution < -0.4 is 22.1 Å². The second-order valence-corrected chi connectivity index (χ2v) is 8.13. The van der Waals surface area contributed by atoms with Crippen molar-refractivity contribution in [2.75, 3.05) is 16.4 Å². The van der Waals surface area contributed by atoms with Crippen LogP contribution >= 0.6 is 0 Å². The van der Waals surface area contributed by atoms with Gasteiger partial charge < -0.3 is 22.1 Å². The molecule has 0 radical (unpaired) electrons. The van der Waals surface area contributed by atoms with Crippen LogP contribution in [0.2, 0.25) is 0 Å². The van der Waals surface area contributed by atoms with Crippen LogP contribution in [-0.2, 0) is 11.3 Å². The molecular formula is C22H28N6O2. The lowest BCUT2D eigenvalue weighted by Crippen LogP contribution is -2.43. The number of nitrogens with zero attached hydrogens (tertiary/aromatic N) is 2. The zero-order valence-electron chi connectivity index (χ0n) is 17.5. The van der Waals surface area contributed by atoms with Gasteiger partial charge in [0.2, 0.25) is 0 Å². The second-order valence-electron chi connectivity index (χ2n) is 8.13. The fourth-order valence-corrected chi connectivity index (χ4v) is 3.57. The van der Waals surface area contributed by atoms with E-state index >= 15 is 0 Å². The smallest absolute Gasteiger partial charge is 0.323 e. The van der Waals surface area contributed by atoms with Gasteiger partial charge in [-0.3, -0.25) is 9.69 Å². The average molecular weight is 409 g/mol. The van der Waals surface area contributed by atoms with E-state index in [0.717, 1.165) is 5.56 Å². The largest absolute Gasteiger partial charge is 0.399 e. The molecule has 1 aliphatic heterocycles. The summed E-state index contributed by atoms with van der Waals surface area (Å²) in [4.78, 5) is 30.9. The summed E-state index contributed by atoms with van der Waals surface area (Å²) >= 11 is 0. The van der Waals surface area contributed by atoms with E-state index in [0.29, 0.717) is 35.9 Å². The van der Waals surface area contributed by atoms with Gasteiger partial charge in [-0.2, -0.15) is 0 Å². The summed E-state index contributed by atoms with van der Waals surface area (Å²) in [5.41, 5.74) is 13.7. The van der Waals surface area contributed by atoms with E-state index in [-0.39, 0.29) is 17.9 Å². The summed E-state index contributed by atoms with van der Waals surface area (Å²) in [7, 11) is 0. The number of guanidine groups is 1. The molecule has 1 aliphatic rings. The Kier molecular flexibility index (Phi) is 5.96. The average Bonchev–Trinajstić information content (AvgIpc) is 2.87. The first kappa shape index (κ1) is 21.2. The first-order valence-electron chi connectivity index (χ1n) is 9.86. The minimum atomic E-state index is -0.806. The number of carbonyl (C=O) groups excluding carboxylic acids is 2. The molecule has 0 aromatic heterocycles. The Hall–Kier alpha value is -3.55. The third kappa shape index (κ3) is 4.89. The topological polar surface area (TPSA) is 126 Å². The molecule has 0 fully saturated rings. The normalized spacial score (nSPS) is 18.5. The summed E-state index contributed by atoms with van der Waals surface area (Å²) in [5, 5.41) is 5.50. The van der Waals surface area contributed by atoms with Crippen LogP contribution in [0.25, 0.3) is 0 Å². The third-order valence-electron chi connectivity index (χ3n) is 4.87. The SMILES string of the molecule is CC(C)CC1(C)N=C(N)N(Cc2ccc(NC(=O)Nc3ccc(N)cc3)cc2)C1=O. The summed E-state index contributed by atoms with van der Waals surface area (Å²) < 4.78 is 0. The number of aliphatic imine (C=N–C) groups is 1. The van der Waals surface area contributed by atoms with E-state index in [9.17, 15) is 9.59 Å². The van der Waals surface area contributed by atoms with Crippen LogP contribution in [0.5, 0.6) is 0 Å². The standard InChI is InChI=1S/C22H28N6O2/c1-14(2)12-22(3)19(29)28(20(24)27-22)13-15-4-8-17(9-5-15)25-21(30)26-18-10-6-16(23)7-11-18/h4-11,14H,12-13,23H2,1-3H3,(H2,24,27)(H2,25,26,30). The molecule has 0 saturated carbocycles. The van der Waals surface area contributed by atoms with E-state index in [1.165, 1.54) is 4.90 Å². The lowest BCUT2D eigenvalue weighted by Gasteiger charge is -2.23. The van der Waals surface area contributed by atoms with Crippen molar-refractivity contribution < 1.29 is 9.59 Å². The van der Waals surface area contributed by atoms with Crippen molar-refractivity contribution >= 4 is 35.0 Å². The number of benzene rings is 2. The molecule has 8 nitrogen and oxygen atoms in total. The van der Waals surface area contributed by atoms with E-state index in [4.69, 9.17) is 11.5 Å². The fourth-order valence-electron chi connectivity index (χ4n) is 3.57. The van der Waals surface area contributed by atoms with E-state index in [1.54, 1.807) is 36.4 Å². The Bertz CT molecular complexity index is 953. The Morgan fingerprint density at radius 1 is 1.03 bits per heavy atom. The molecule has 1 atom stereocenters. The number of anilines is 3. The molecule has 0 saturated heterocycles. The van der Waals surface area contributed by atoms with Crippen LogP contribution in [-0.4, -0.2) is 28.3 Å². The predicted octanol–water partition coefficient (Wildman–Crippen LogP) is 3.37. The van der Waals surface area contributed by atoms with Gasteiger partial charge in [0.15, 0.2) is 5.96 Å². The van der Waals surface area contributed by atoms with Crippen molar-refractivity contribution in [3.05, 3.63) is 54.1 Å². The summed E-state index contributed by atoms with van der Waals surface area (Å²) in [5.74, 6) is 0.493. The number of nitrogens with one attached hydrogen (secondary N) is 2. The fraction of sp³-hybridized carbons (Fsp3) is 0.318. The first-order valence-corrected chi connectivity index (χ1v) is 9.86. The Morgan fingerprint density at radius 2 is 1.57 bits per heavy atom. The minimum Gasteiger partial charge on any atom is -0.399 e. The first-order chi connectivity index (χ1) is 14.2. The molecule has 0 bridgehead atoms. The van der Waals surface area contributed by atoms with Crippen molar-refractivity contribution in [1.82, 2.24) is 4.90 Å². The Balaban J connectivity index is 1.59. The zero-order chi connectivity index (χ0) is 21.9. The Morgan fingerprint density at radius 3 is 2.10 bits per heavy atom. The van der Waals surface area contributed by atoms with Gasteiger partial charge in [0.1, 0.15) is 5.54 Å². The monoisotopic (exact) mass is 408 g/mol. The highest BCUT2D eigenvalue weighted by Crippen LogP contribution is 2.29. The number of hydrogen-bond acceptors (Lipinski definition) is 5. The van der Waals surface area contributed by atoms with Gasteiger partial charge in [0, 0.05) is 17.1 Å². The van der Waals surface area contributed by atoms with Crippen molar-refractivity contribution in [3.8, 4) is 0 Å². The molecule has 0 aliphatic carbocycles. The van der Waals surface area contributed by atoms with Crippen LogP contribution in [0.4, 0.5) is 21.9 Å². The quantitative estimate of drug-likeness (QED) is 0.547. The molecule has 30 heavy (non-hydrogen) atoms. The van der Waals surface area contributed by atoms with Gasteiger partial charge in [-0.05, 0) is 61.2 Å². The predicted molar refractivity (Wildman–Crippen MR) is 120 cm³/mol. The molecular weight excluding hydrogens is 380 g/mol. The zero-order valence-corrected chi connectivity index (χ0v) is 17.5. The van der Waals surface area contributed by atoms with Crippen LogP contribution in [0.15, 0.2) is 53.5 Å². The van der Waals surface area contributed by atoms with Gasteiger partial charge in [-0.15, -0.1) is 0 Å². The van der Waals surface area contributed by atoms with Crippen molar-refractivity contribution in [1.29, 1.82) is 0 Å². The van der Waals surface area contributed by atoms with Gasteiger partial charge >= 0.3 is 6.03 Å². The molecule has 6 N–H and O–H groups in total. The van der Waals surface area contributed by atoms with E-state index in [1.807, 2.05) is 19.1 Å². The number of hydrogen-bond donors (Lipinski definition) is 4. The third-order valence-corrected chi connectivity index (χ3v) is 4.87. The molecule has 2 aromatic rings. The van der Waals surface area contributed by atoms with Gasteiger partial charge in [-0.25, -0.2) is 9.79 Å². The number of amides is 3. The maximum Gasteiger partial charge on any atom is 0.323 e. The number of urea groups is 1. The van der Waals surface area contributed by atoms with Crippen LogP contribution in [0, 0.1) is 5.92 Å². The number of nitrogen functional groups attached to an aromatic ring is 1. The van der Waals surface area contributed by atoms with Gasteiger partial charge in [0.05, 0.1) is 6.54 Å². The maximum absolute atomic E-state index is 12.8. The highest BCUT2D eigenvalue weighted by molar-refractivity contribution is 6.06.